The normalized spacial score (nSPS) is 34.0. The second-order valence-corrected chi connectivity index (χ2v) is 6.63. The van der Waals surface area contributed by atoms with Gasteiger partial charge in [-0.05, 0) is 43.9 Å². The van der Waals surface area contributed by atoms with Crippen LogP contribution in [0.4, 0.5) is 0 Å². The van der Waals surface area contributed by atoms with Gasteiger partial charge in [-0.15, -0.1) is 0 Å². The molecule has 0 aromatic carbocycles. The van der Waals surface area contributed by atoms with E-state index in [1.165, 1.54) is 5.75 Å². The van der Waals surface area contributed by atoms with E-state index in [2.05, 4.69) is 0 Å². The highest BCUT2D eigenvalue weighted by Crippen LogP contribution is 2.44. The van der Waals surface area contributed by atoms with Crippen molar-refractivity contribution in [2.24, 2.45) is 5.92 Å². The molecular weight excluding hydrogens is 248 g/mol. The van der Waals surface area contributed by atoms with Crippen molar-refractivity contribution < 1.29 is 14.3 Å². The van der Waals surface area contributed by atoms with Crippen LogP contribution in [0.2, 0.25) is 0 Å². The molecule has 0 radical (unpaired) electrons. The summed E-state index contributed by atoms with van der Waals surface area (Å²) in [6.45, 7) is 2.69. The van der Waals surface area contributed by atoms with Crippen molar-refractivity contribution in [2.45, 2.75) is 37.9 Å². The number of hydrogen-bond acceptors (Lipinski definition) is 4. The Hall–Kier alpha value is -0.450. The molecule has 3 heterocycles. The van der Waals surface area contributed by atoms with Crippen LogP contribution in [0.5, 0.6) is 0 Å². The fourth-order valence-electron chi connectivity index (χ4n) is 3.09. The molecule has 2 aliphatic heterocycles. The van der Waals surface area contributed by atoms with Gasteiger partial charge in [0, 0.05) is 17.9 Å². The summed E-state index contributed by atoms with van der Waals surface area (Å²) in [4.78, 5) is 0. The Labute approximate surface area is 112 Å². The third-order valence-electron chi connectivity index (χ3n) is 4.14. The molecule has 3 nitrogen and oxygen atoms in total. The smallest absolute Gasteiger partial charge is 0.101 e. The minimum atomic E-state index is -0.408. The zero-order chi connectivity index (χ0) is 12.6. The van der Waals surface area contributed by atoms with Gasteiger partial charge in [0.05, 0.1) is 18.0 Å². The molecule has 3 unspecified atom stereocenters. The Bertz CT molecular complexity index is 409. The predicted octanol–water partition coefficient (Wildman–Crippen LogP) is 2.92. The van der Waals surface area contributed by atoms with Gasteiger partial charge < -0.3 is 14.3 Å². The van der Waals surface area contributed by atoms with Crippen molar-refractivity contribution in [1.82, 2.24) is 0 Å². The Morgan fingerprint density at radius 2 is 2.44 bits per heavy atom. The van der Waals surface area contributed by atoms with Gasteiger partial charge in [0.25, 0.3) is 0 Å². The van der Waals surface area contributed by atoms with Gasteiger partial charge in [0.1, 0.15) is 5.76 Å². The van der Waals surface area contributed by atoms with Crippen LogP contribution >= 0.6 is 11.8 Å². The molecule has 18 heavy (non-hydrogen) atoms. The summed E-state index contributed by atoms with van der Waals surface area (Å²) in [5, 5.41) is 10.5. The van der Waals surface area contributed by atoms with Gasteiger partial charge in [-0.3, -0.25) is 0 Å². The van der Waals surface area contributed by atoms with Crippen LogP contribution in [0.1, 0.15) is 36.7 Å². The molecule has 4 heteroatoms. The van der Waals surface area contributed by atoms with Gasteiger partial charge in [-0.2, -0.15) is 11.8 Å². The van der Waals surface area contributed by atoms with Crippen molar-refractivity contribution >= 4 is 11.8 Å². The standard InChI is InChI=1S/C14H20O3S/c1-10-6-12(8-16-10)13(15)11-2-4-17-14(7-11)3-5-18-9-14/h6,8,11,13,15H,2-5,7,9H2,1H3. The zero-order valence-electron chi connectivity index (χ0n) is 10.7. The van der Waals surface area contributed by atoms with Crippen LogP contribution in [0.15, 0.2) is 16.7 Å². The van der Waals surface area contributed by atoms with E-state index in [1.54, 1.807) is 6.26 Å². The molecule has 2 saturated heterocycles. The number of aliphatic hydroxyl groups is 1. The highest BCUT2D eigenvalue weighted by Gasteiger charge is 2.42. The van der Waals surface area contributed by atoms with E-state index in [-0.39, 0.29) is 5.60 Å². The molecule has 1 spiro atoms. The molecule has 3 atom stereocenters. The summed E-state index contributed by atoms with van der Waals surface area (Å²) in [5.74, 6) is 3.44. The van der Waals surface area contributed by atoms with Crippen LogP contribution in [-0.4, -0.2) is 28.8 Å². The van der Waals surface area contributed by atoms with E-state index in [4.69, 9.17) is 9.15 Å². The Morgan fingerprint density at radius 1 is 1.56 bits per heavy atom. The molecular formula is C14H20O3S. The average molecular weight is 268 g/mol. The molecule has 2 fully saturated rings. The van der Waals surface area contributed by atoms with Crippen LogP contribution in [0, 0.1) is 12.8 Å². The summed E-state index contributed by atoms with van der Waals surface area (Å²) >= 11 is 1.97. The average Bonchev–Trinajstić information content (AvgIpc) is 2.98. The number of rotatable bonds is 2. The fraction of sp³-hybridized carbons (Fsp3) is 0.714. The number of hydrogen-bond donors (Lipinski definition) is 1. The molecule has 1 aromatic heterocycles. The fourth-order valence-corrected chi connectivity index (χ4v) is 4.47. The lowest BCUT2D eigenvalue weighted by molar-refractivity contribution is -0.102. The minimum absolute atomic E-state index is 0.0351. The van der Waals surface area contributed by atoms with E-state index < -0.39 is 6.10 Å². The number of furan rings is 1. The maximum absolute atomic E-state index is 10.5. The summed E-state index contributed by atoms with van der Waals surface area (Å²) in [7, 11) is 0. The van der Waals surface area contributed by atoms with Gasteiger partial charge in [-0.25, -0.2) is 0 Å². The monoisotopic (exact) mass is 268 g/mol. The van der Waals surface area contributed by atoms with E-state index in [0.717, 1.165) is 42.9 Å². The molecule has 0 amide bonds. The maximum atomic E-state index is 10.5. The molecule has 1 aromatic rings. The highest BCUT2D eigenvalue weighted by atomic mass is 32.2. The molecule has 100 valence electrons. The Balaban J connectivity index is 1.72. The first-order valence-electron chi connectivity index (χ1n) is 6.63. The second-order valence-electron chi connectivity index (χ2n) is 5.52. The van der Waals surface area contributed by atoms with E-state index in [0.29, 0.717) is 5.92 Å². The number of thioether (sulfide) groups is 1. The van der Waals surface area contributed by atoms with Crippen molar-refractivity contribution in [1.29, 1.82) is 0 Å². The topological polar surface area (TPSA) is 42.6 Å². The first-order valence-corrected chi connectivity index (χ1v) is 7.79. The molecule has 2 aliphatic rings. The predicted molar refractivity (Wildman–Crippen MR) is 71.8 cm³/mol. The van der Waals surface area contributed by atoms with Gasteiger partial charge in [0.15, 0.2) is 0 Å². The van der Waals surface area contributed by atoms with Crippen molar-refractivity contribution in [3.05, 3.63) is 23.7 Å². The summed E-state index contributed by atoms with van der Waals surface area (Å²) in [6, 6.07) is 1.94. The van der Waals surface area contributed by atoms with Crippen LogP contribution in [-0.2, 0) is 4.74 Å². The lowest BCUT2D eigenvalue weighted by atomic mass is 9.81. The van der Waals surface area contributed by atoms with Crippen LogP contribution in [0.3, 0.4) is 0 Å². The Morgan fingerprint density at radius 3 is 3.11 bits per heavy atom. The number of aliphatic hydroxyl groups excluding tert-OH is 1. The SMILES string of the molecule is Cc1cc(C(O)C2CCOC3(CCSC3)C2)co1. The number of ether oxygens (including phenoxy) is 1. The summed E-state index contributed by atoms with van der Waals surface area (Å²) in [6.07, 6.45) is 4.33. The minimum Gasteiger partial charge on any atom is -0.469 e. The molecule has 0 saturated carbocycles. The molecule has 0 bridgehead atoms. The van der Waals surface area contributed by atoms with Crippen molar-refractivity contribution in [3.8, 4) is 0 Å². The third kappa shape index (κ3) is 2.33. The third-order valence-corrected chi connectivity index (χ3v) is 5.36. The highest BCUT2D eigenvalue weighted by molar-refractivity contribution is 7.99. The quantitative estimate of drug-likeness (QED) is 0.895. The zero-order valence-corrected chi connectivity index (χ0v) is 11.5. The largest absolute Gasteiger partial charge is 0.469 e. The summed E-state index contributed by atoms with van der Waals surface area (Å²) in [5.41, 5.74) is 0.952. The van der Waals surface area contributed by atoms with Gasteiger partial charge >= 0.3 is 0 Å². The Kier molecular flexibility index (Phi) is 3.43. The van der Waals surface area contributed by atoms with E-state index in [9.17, 15) is 5.11 Å². The van der Waals surface area contributed by atoms with Crippen molar-refractivity contribution in [3.63, 3.8) is 0 Å². The van der Waals surface area contributed by atoms with Crippen LogP contribution < -0.4 is 0 Å². The lowest BCUT2D eigenvalue weighted by Crippen LogP contribution is -2.41. The first kappa shape index (κ1) is 12.6. The molecule has 3 rings (SSSR count). The van der Waals surface area contributed by atoms with E-state index in [1.807, 2.05) is 24.8 Å². The second kappa shape index (κ2) is 4.91. The summed E-state index contributed by atoms with van der Waals surface area (Å²) < 4.78 is 11.3. The van der Waals surface area contributed by atoms with Crippen molar-refractivity contribution in [2.75, 3.05) is 18.1 Å². The van der Waals surface area contributed by atoms with Gasteiger partial charge in [0.2, 0.25) is 0 Å². The lowest BCUT2D eigenvalue weighted by Gasteiger charge is -2.39. The molecule has 1 N–H and O–H groups in total. The van der Waals surface area contributed by atoms with Gasteiger partial charge in [-0.1, -0.05) is 0 Å². The first-order chi connectivity index (χ1) is 8.69. The maximum Gasteiger partial charge on any atom is 0.101 e. The number of aryl methyl sites for hydroxylation is 1. The van der Waals surface area contributed by atoms with E-state index >= 15 is 0 Å². The van der Waals surface area contributed by atoms with Crippen LogP contribution in [0.25, 0.3) is 0 Å². The molecule has 0 aliphatic carbocycles.